The quantitative estimate of drug-likeness (QED) is 0.544. The van der Waals surface area contributed by atoms with Crippen LogP contribution in [0, 0.1) is 5.41 Å². The first-order chi connectivity index (χ1) is 6.33. The molecule has 0 amide bonds. The minimum atomic E-state index is 0.112. The average Bonchev–Trinajstić information content (AvgIpc) is 2.16. The van der Waals surface area contributed by atoms with Crippen LogP contribution in [0.1, 0.15) is 0 Å². The third-order valence-electron chi connectivity index (χ3n) is 1.37. The molecule has 0 aliphatic heterocycles. The molecule has 0 atom stereocenters. The second kappa shape index (κ2) is 4.98. The Morgan fingerprint density at radius 1 is 1.38 bits per heavy atom. The van der Waals surface area contributed by atoms with Crippen molar-refractivity contribution in [2.75, 3.05) is 7.05 Å². The van der Waals surface area contributed by atoms with Crippen molar-refractivity contribution in [1.82, 2.24) is 5.32 Å². The monoisotopic (exact) mass is 176 g/mol. The smallest absolute Gasteiger partial charge is 0.213 e. The standard InChI is InChI=1S/C10H12N2O/c1-12-8-7-10(11)13-9-5-3-2-4-6-9/h2-8,11-12H,1H3/b8-7-,11-10?. The first kappa shape index (κ1) is 9.32. The predicted molar refractivity (Wildman–Crippen MR) is 53.0 cm³/mol. The van der Waals surface area contributed by atoms with Gasteiger partial charge >= 0.3 is 0 Å². The molecule has 0 fully saturated rings. The number of nitrogens with one attached hydrogen (secondary N) is 2. The fourth-order valence-corrected chi connectivity index (χ4v) is 0.809. The van der Waals surface area contributed by atoms with Gasteiger partial charge < -0.3 is 10.1 Å². The van der Waals surface area contributed by atoms with E-state index in [0.717, 1.165) is 0 Å². The van der Waals surface area contributed by atoms with Gasteiger partial charge in [-0.2, -0.15) is 0 Å². The van der Waals surface area contributed by atoms with E-state index >= 15 is 0 Å². The number of hydrogen-bond donors (Lipinski definition) is 2. The molecule has 2 N–H and O–H groups in total. The Balaban J connectivity index is 2.50. The lowest BCUT2D eigenvalue weighted by Crippen LogP contribution is -2.04. The third kappa shape index (κ3) is 3.42. The summed E-state index contributed by atoms with van der Waals surface area (Å²) in [4.78, 5) is 0. The molecule has 0 radical (unpaired) electrons. The van der Waals surface area contributed by atoms with Crippen molar-refractivity contribution in [1.29, 1.82) is 5.41 Å². The Morgan fingerprint density at radius 2 is 2.08 bits per heavy atom. The molecular formula is C10H12N2O. The summed E-state index contributed by atoms with van der Waals surface area (Å²) in [5.41, 5.74) is 0. The number of benzene rings is 1. The Kier molecular flexibility index (Phi) is 3.57. The lowest BCUT2D eigenvalue weighted by Gasteiger charge is -2.01. The van der Waals surface area contributed by atoms with Gasteiger partial charge in [0.05, 0.1) is 0 Å². The second-order valence-corrected chi connectivity index (χ2v) is 2.40. The zero-order chi connectivity index (χ0) is 9.52. The van der Waals surface area contributed by atoms with Crippen molar-refractivity contribution in [2.24, 2.45) is 0 Å². The van der Waals surface area contributed by atoms with Crippen molar-refractivity contribution >= 4 is 5.90 Å². The molecule has 1 aromatic rings. The van der Waals surface area contributed by atoms with Crippen molar-refractivity contribution in [3.8, 4) is 5.75 Å². The predicted octanol–water partition coefficient (Wildman–Crippen LogP) is 1.78. The second-order valence-electron chi connectivity index (χ2n) is 2.40. The molecule has 0 unspecified atom stereocenters. The number of hydrogen-bond acceptors (Lipinski definition) is 3. The van der Waals surface area contributed by atoms with E-state index in [9.17, 15) is 0 Å². The van der Waals surface area contributed by atoms with Gasteiger partial charge in [-0.05, 0) is 12.1 Å². The highest BCUT2D eigenvalue weighted by molar-refractivity contribution is 5.86. The van der Waals surface area contributed by atoms with Crippen molar-refractivity contribution < 1.29 is 4.74 Å². The highest BCUT2D eigenvalue weighted by Crippen LogP contribution is 2.08. The van der Waals surface area contributed by atoms with Crippen LogP contribution < -0.4 is 10.1 Å². The normalized spacial score (nSPS) is 9.92. The minimum absolute atomic E-state index is 0.112. The fourth-order valence-electron chi connectivity index (χ4n) is 0.809. The van der Waals surface area contributed by atoms with Crippen molar-refractivity contribution in [3.63, 3.8) is 0 Å². The summed E-state index contributed by atoms with van der Waals surface area (Å²) in [5.74, 6) is 0.786. The van der Waals surface area contributed by atoms with Crippen molar-refractivity contribution in [2.45, 2.75) is 0 Å². The molecule has 0 spiro atoms. The highest BCUT2D eigenvalue weighted by atomic mass is 16.5. The maximum absolute atomic E-state index is 7.38. The van der Waals surface area contributed by atoms with E-state index in [0.29, 0.717) is 5.75 Å². The molecular weight excluding hydrogens is 164 g/mol. The molecule has 0 bridgehead atoms. The lowest BCUT2D eigenvalue weighted by atomic mass is 10.3. The van der Waals surface area contributed by atoms with Gasteiger partial charge in [0.1, 0.15) is 5.75 Å². The molecule has 0 saturated heterocycles. The zero-order valence-electron chi connectivity index (χ0n) is 7.45. The summed E-state index contributed by atoms with van der Waals surface area (Å²) in [5, 5.41) is 10.2. The summed E-state index contributed by atoms with van der Waals surface area (Å²) < 4.78 is 5.17. The molecule has 0 heterocycles. The number of para-hydroxylation sites is 1. The van der Waals surface area contributed by atoms with E-state index in [2.05, 4.69) is 5.32 Å². The minimum Gasteiger partial charge on any atom is -0.440 e. The maximum atomic E-state index is 7.38. The van der Waals surface area contributed by atoms with Gasteiger partial charge in [-0.1, -0.05) is 18.2 Å². The molecule has 0 aliphatic rings. The SMILES string of the molecule is CN/C=C\C(=N)Oc1ccccc1. The van der Waals surface area contributed by atoms with E-state index in [1.165, 1.54) is 0 Å². The number of ether oxygens (including phenoxy) is 1. The first-order valence-electron chi connectivity index (χ1n) is 3.98. The van der Waals surface area contributed by atoms with E-state index in [4.69, 9.17) is 10.1 Å². The molecule has 1 aromatic carbocycles. The Morgan fingerprint density at radius 3 is 2.69 bits per heavy atom. The van der Waals surface area contributed by atoms with Crippen molar-refractivity contribution in [3.05, 3.63) is 42.6 Å². The van der Waals surface area contributed by atoms with Gasteiger partial charge in [0.15, 0.2) is 0 Å². The first-order valence-corrected chi connectivity index (χ1v) is 3.98. The largest absolute Gasteiger partial charge is 0.440 e. The van der Waals surface area contributed by atoms with Gasteiger partial charge in [-0.25, -0.2) is 0 Å². The van der Waals surface area contributed by atoms with Crippen LogP contribution in [-0.4, -0.2) is 12.9 Å². The summed E-state index contributed by atoms with van der Waals surface area (Å²) in [7, 11) is 1.77. The van der Waals surface area contributed by atoms with E-state index in [1.54, 1.807) is 19.3 Å². The van der Waals surface area contributed by atoms with Crippen LogP contribution in [0.4, 0.5) is 0 Å². The topological polar surface area (TPSA) is 45.1 Å². The van der Waals surface area contributed by atoms with Crippen LogP contribution >= 0.6 is 0 Å². The van der Waals surface area contributed by atoms with E-state index < -0.39 is 0 Å². The van der Waals surface area contributed by atoms with Crippen LogP contribution in [0.2, 0.25) is 0 Å². The summed E-state index contributed by atoms with van der Waals surface area (Å²) >= 11 is 0. The van der Waals surface area contributed by atoms with Gasteiger partial charge in [0, 0.05) is 19.3 Å². The number of rotatable bonds is 3. The van der Waals surface area contributed by atoms with Gasteiger partial charge in [-0.15, -0.1) is 0 Å². The lowest BCUT2D eigenvalue weighted by molar-refractivity contribution is 0.550. The van der Waals surface area contributed by atoms with Crippen LogP contribution in [0.3, 0.4) is 0 Å². The van der Waals surface area contributed by atoms with Crippen LogP contribution in [0.5, 0.6) is 5.75 Å². The molecule has 68 valence electrons. The Bertz CT molecular complexity index is 293. The van der Waals surface area contributed by atoms with Gasteiger partial charge in [-0.3, -0.25) is 5.41 Å². The molecule has 0 aliphatic carbocycles. The van der Waals surface area contributed by atoms with Gasteiger partial charge in [0.25, 0.3) is 0 Å². The average molecular weight is 176 g/mol. The van der Waals surface area contributed by atoms with E-state index in [1.807, 2.05) is 30.3 Å². The molecule has 0 aromatic heterocycles. The summed E-state index contributed by atoms with van der Waals surface area (Å²) in [6.07, 6.45) is 3.19. The van der Waals surface area contributed by atoms with E-state index in [-0.39, 0.29) is 5.90 Å². The zero-order valence-corrected chi connectivity index (χ0v) is 7.45. The Labute approximate surface area is 77.6 Å². The summed E-state index contributed by atoms with van der Waals surface area (Å²) in [6.45, 7) is 0. The van der Waals surface area contributed by atoms with Crippen LogP contribution in [0.25, 0.3) is 0 Å². The van der Waals surface area contributed by atoms with Crippen LogP contribution in [0.15, 0.2) is 42.6 Å². The highest BCUT2D eigenvalue weighted by Gasteiger charge is 1.93. The molecule has 3 heteroatoms. The molecule has 13 heavy (non-hydrogen) atoms. The van der Waals surface area contributed by atoms with Crippen LogP contribution in [-0.2, 0) is 0 Å². The molecule has 3 nitrogen and oxygen atoms in total. The summed E-state index contributed by atoms with van der Waals surface area (Å²) in [6, 6.07) is 9.25. The maximum Gasteiger partial charge on any atom is 0.213 e. The van der Waals surface area contributed by atoms with Gasteiger partial charge in [0.2, 0.25) is 5.90 Å². The Hall–Kier alpha value is -1.77. The fraction of sp³-hybridized carbons (Fsp3) is 0.100. The third-order valence-corrected chi connectivity index (χ3v) is 1.37. The molecule has 1 rings (SSSR count). The molecule has 0 saturated carbocycles.